The minimum atomic E-state index is -0.231. The number of amides is 1. The highest BCUT2D eigenvalue weighted by molar-refractivity contribution is 5.85. The molecular formula is C16H25ClN2O4. The second kappa shape index (κ2) is 8.96. The number of ether oxygens (including phenoxy) is 3. The van der Waals surface area contributed by atoms with E-state index in [1.54, 1.807) is 12.0 Å². The molecule has 0 saturated heterocycles. The number of rotatable bonds is 7. The minimum absolute atomic E-state index is 0. The van der Waals surface area contributed by atoms with Crippen LogP contribution in [0.4, 0.5) is 0 Å². The Hall–Kier alpha value is -1.50. The van der Waals surface area contributed by atoms with Crippen molar-refractivity contribution >= 4 is 18.3 Å². The van der Waals surface area contributed by atoms with E-state index in [0.717, 1.165) is 17.1 Å². The van der Waals surface area contributed by atoms with Gasteiger partial charge >= 0.3 is 0 Å². The maximum atomic E-state index is 12.6. The Morgan fingerprint density at radius 2 is 2.04 bits per heavy atom. The zero-order valence-electron chi connectivity index (χ0n) is 13.8. The van der Waals surface area contributed by atoms with Gasteiger partial charge in [0.1, 0.15) is 0 Å². The Kier molecular flexibility index (Phi) is 7.61. The zero-order valence-corrected chi connectivity index (χ0v) is 14.6. The molecule has 7 heteroatoms. The summed E-state index contributed by atoms with van der Waals surface area (Å²) in [5, 5.41) is 0. The van der Waals surface area contributed by atoms with E-state index in [2.05, 4.69) is 0 Å². The molecule has 2 atom stereocenters. The van der Waals surface area contributed by atoms with Crippen molar-refractivity contribution in [1.29, 1.82) is 0 Å². The van der Waals surface area contributed by atoms with Gasteiger partial charge in [-0.3, -0.25) is 4.79 Å². The molecule has 1 heterocycles. The smallest absolute Gasteiger partial charge is 0.231 e. The molecule has 0 bridgehead atoms. The predicted molar refractivity (Wildman–Crippen MR) is 89.9 cm³/mol. The Bertz CT molecular complexity index is 525. The molecule has 2 N–H and O–H groups in total. The van der Waals surface area contributed by atoms with Crippen molar-refractivity contribution in [2.75, 3.05) is 27.1 Å². The summed E-state index contributed by atoms with van der Waals surface area (Å²) in [6, 6.07) is 5.53. The van der Waals surface area contributed by atoms with Crippen molar-refractivity contribution in [3.05, 3.63) is 23.8 Å². The SMILES string of the molecule is COCCN(Cc1ccc2c(c1)OCO2)C(=O)C(C)C(C)N.Cl. The molecule has 0 aliphatic carbocycles. The molecular weight excluding hydrogens is 320 g/mol. The van der Waals surface area contributed by atoms with Crippen LogP contribution in [0.3, 0.4) is 0 Å². The zero-order chi connectivity index (χ0) is 16.1. The molecule has 1 aliphatic rings. The summed E-state index contributed by atoms with van der Waals surface area (Å²) >= 11 is 0. The van der Waals surface area contributed by atoms with Crippen LogP contribution in [0.2, 0.25) is 0 Å². The number of fused-ring (bicyclic) bond motifs is 1. The van der Waals surface area contributed by atoms with Gasteiger partial charge in [-0.25, -0.2) is 0 Å². The summed E-state index contributed by atoms with van der Waals surface area (Å²) in [4.78, 5) is 14.3. The third-order valence-corrected chi connectivity index (χ3v) is 3.87. The van der Waals surface area contributed by atoms with Crippen molar-refractivity contribution in [3.8, 4) is 11.5 Å². The molecule has 2 rings (SSSR count). The van der Waals surface area contributed by atoms with E-state index in [1.165, 1.54) is 0 Å². The highest BCUT2D eigenvalue weighted by atomic mass is 35.5. The minimum Gasteiger partial charge on any atom is -0.454 e. The van der Waals surface area contributed by atoms with Crippen LogP contribution in [-0.4, -0.2) is 43.9 Å². The third kappa shape index (κ3) is 4.99. The van der Waals surface area contributed by atoms with Crippen LogP contribution in [0, 0.1) is 5.92 Å². The quantitative estimate of drug-likeness (QED) is 0.816. The molecule has 1 aromatic carbocycles. The van der Waals surface area contributed by atoms with Gasteiger partial charge in [-0.05, 0) is 24.6 Å². The fourth-order valence-electron chi connectivity index (χ4n) is 2.24. The number of nitrogens with two attached hydrogens (primary N) is 1. The molecule has 0 spiro atoms. The molecule has 130 valence electrons. The second-order valence-corrected chi connectivity index (χ2v) is 5.59. The summed E-state index contributed by atoms with van der Waals surface area (Å²) in [5.74, 6) is 1.26. The average Bonchev–Trinajstić information content (AvgIpc) is 2.97. The molecule has 1 aromatic rings. The lowest BCUT2D eigenvalue weighted by molar-refractivity contribution is -0.136. The molecule has 2 unspecified atom stereocenters. The molecule has 1 amide bonds. The molecule has 0 aromatic heterocycles. The first-order chi connectivity index (χ1) is 10.5. The van der Waals surface area contributed by atoms with Gasteiger partial charge in [-0.15, -0.1) is 12.4 Å². The van der Waals surface area contributed by atoms with Crippen molar-refractivity contribution in [2.45, 2.75) is 26.4 Å². The number of nitrogens with zero attached hydrogens (tertiary/aromatic N) is 1. The van der Waals surface area contributed by atoms with Gasteiger partial charge in [0.05, 0.1) is 12.5 Å². The first-order valence-electron chi connectivity index (χ1n) is 7.44. The number of carbonyl (C=O) groups is 1. The number of benzene rings is 1. The standard InChI is InChI=1S/C16H24N2O4.ClH/c1-11(12(2)17)16(19)18(6-7-20-3)9-13-4-5-14-15(8-13)22-10-21-14;/h4-5,8,11-12H,6-7,9-10,17H2,1-3H3;1H. The Morgan fingerprint density at radius 1 is 1.35 bits per heavy atom. The fourth-order valence-corrected chi connectivity index (χ4v) is 2.24. The monoisotopic (exact) mass is 344 g/mol. The number of halogens is 1. The molecule has 1 aliphatic heterocycles. The van der Waals surface area contributed by atoms with E-state index < -0.39 is 0 Å². The Morgan fingerprint density at radius 3 is 2.70 bits per heavy atom. The molecule has 0 saturated carbocycles. The molecule has 23 heavy (non-hydrogen) atoms. The van der Waals surface area contributed by atoms with Gasteiger partial charge in [0.2, 0.25) is 12.7 Å². The largest absolute Gasteiger partial charge is 0.454 e. The predicted octanol–water partition coefficient (Wildman–Crippen LogP) is 1.80. The van der Waals surface area contributed by atoms with Gasteiger partial charge in [0.15, 0.2) is 11.5 Å². The Labute approximate surface area is 143 Å². The van der Waals surface area contributed by atoms with E-state index in [9.17, 15) is 4.79 Å². The third-order valence-electron chi connectivity index (χ3n) is 3.87. The lowest BCUT2D eigenvalue weighted by atomic mass is 10.0. The van der Waals surface area contributed by atoms with Crippen LogP contribution in [0.25, 0.3) is 0 Å². The van der Waals surface area contributed by atoms with E-state index in [-0.39, 0.29) is 37.1 Å². The lowest BCUT2D eigenvalue weighted by Gasteiger charge is -2.27. The van der Waals surface area contributed by atoms with E-state index in [1.807, 2.05) is 32.0 Å². The summed E-state index contributed by atoms with van der Waals surface area (Å²) in [6.45, 7) is 5.45. The van der Waals surface area contributed by atoms with Crippen LogP contribution < -0.4 is 15.2 Å². The Balaban J connectivity index is 0.00000264. The van der Waals surface area contributed by atoms with Gasteiger partial charge < -0.3 is 24.8 Å². The maximum Gasteiger partial charge on any atom is 0.231 e. The summed E-state index contributed by atoms with van der Waals surface area (Å²) in [5.41, 5.74) is 6.85. The van der Waals surface area contributed by atoms with E-state index in [4.69, 9.17) is 19.9 Å². The van der Waals surface area contributed by atoms with Crippen molar-refractivity contribution in [2.24, 2.45) is 11.7 Å². The average molecular weight is 345 g/mol. The normalized spacial score (nSPS) is 14.8. The first-order valence-corrected chi connectivity index (χ1v) is 7.44. The number of hydrogen-bond acceptors (Lipinski definition) is 5. The lowest BCUT2D eigenvalue weighted by Crippen LogP contribution is -2.42. The van der Waals surface area contributed by atoms with Crippen LogP contribution in [0.1, 0.15) is 19.4 Å². The molecule has 0 fully saturated rings. The summed E-state index contributed by atoms with van der Waals surface area (Å²) in [6.07, 6.45) is 0. The fraction of sp³-hybridized carbons (Fsp3) is 0.562. The van der Waals surface area contributed by atoms with Gasteiger partial charge in [-0.2, -0.15) is 0 Å². The van der Waals surface area contributed by atoms with Crippen molar-refractivity contribution in [1.82, 2.24) is 4.90 Å². The molecule has 6 nitrogen and oxygen atoms in total. The van der Waals surface area contributed by atoms with Crippen molar-refractivity contribution in [3.63, 3.8) is 0 Å². The van der Waals surface area contributed by atoms with Crippen molar-refractivity contribution < 1.29 is 19.0 Å². The van der Waals surface area contributed by atoms with Crippen LogP contribution in [-0.2, 0) is 16.1 Å². The van der Waals surface area contributed by atoms with Gasteiger partial charge in [-0.1, -0.05) is 13.0 Å². The topological polar surface area (TPSA) is 74.0 Å². The number of methoxy groups -OCH3 is 1. The summed E-state index contributed by atoms with van der Waals surface area (Å²) < 4.78 is 15.8. The highest BCUT2D eigenvalue weighted by Crippen LogP contribution is 2.32. The second-order valence-electron chi connectivity index (χ2n) is 5.59. The van der Waals surface area contributed by atoms with Crippen LogP contribution in [0.5, 0.6) is 11.5 Å². The summed E-state index contributed by atoms with van der Waals surface area (Å²) in [7, 11) is 1.62. The van der Waals surface area contributed by atoms with Gasteiger partial charge in [0.25, 0.3) is 0 Å². The van der Waals surface area contributed by atoms with E-state index >= 15 is 0 Å². The van der Waals surface area contributed by atoms with E-state index in [0.29, 0.717) is 19.7 Å². The maximum absolute atomic E-state index is 12.6. The highest BCUT2D eigenvalue weighted by Gasteiger charge is 2.24. The number of hydrogen-bond donors (Lipinski definition) is 1. The number of carbonyl (C=O) groups excluding carboxylic acids is 1. The molecule has 0 radical (unpaired) electrons. The van der Waals surface area contributed by atoms with Crippen LogP contribution in [0.15, 0.2) is 18.2 Å². The van der Waals surface area contributed by atoms with Crippen LogP contribution >= 0.6 is 12.4 Å². The van der Waals surface area contributed by atoms with Gasteiger partial charge in [0, 0.05) is 26.2 Å². The first kappa shape index (κ1) is 19.5.